The van der Waals surface area contributed by atoms with Crippen molar-refractivity contribution in [2.24, 2.45) is 22.7 Å². The van der Waals surface area contributed by atoms with Gasteiger partial charge in [0.2, 0.25) is 0 Å². The van der Waals surface area contributed by atoms with Crippen molar-refractivity contribution < 1.29 is 9.53 Å². The molecule has 3 aliphatic rings. The molecule has 0 bridgehead atoms. The number of hydrogen-bond acceptors (Lipinski definition) is 2. The highest BCUT2D eigenvalue weighted by molar-refractivity contribution is 5.86. The maximum atomic E-state index is 12.4. The Labute approximate surface area is 110 Å². The minimum atomic E-state index is -0.171. The molecule has 0 aromatic rings. The molecule has 0 aromatic carbocycles. The Bertz CT molecular complexity index is 387. The smallest absolute Gasteiger partial charge is 0.164 e. The van der Waals surface area contributed by atoms with E-state index in [0.29, 0.717) is 23.7 Å². The molecule has 18 heavy (non-hydrogen) atoms. The number of hydrogen-bond donors (Lipinski definition) is 0. The van der Waals surface area contributed by atoms with Crippen LogP contribution in [-0.2, 0) is 9.53 Å². The zero-order chi connectivity index (χ0) is 13.2. The summed E-state index contributed by atoms with van der Waals surface area (Å²) in [5, 5.41) is 0. The van der Waals surface area contributed by atoms with Crippen LogP contribution in [0.3, 0.4) is 0 Å². The van der Waals surface area contributed by atoms with Crippen LogP contribution in [0.4, 0.5) is 0 Å². The topological polar surface area (TPSA) is 26.3 Å². The summed E-state index contributed by atoms with van der Waals surface area (Å²) in [7, 11) is 0. The van der Waals surface area contributed by atoms with Gasteiger partial charge in [-0.2, -0.15) is 0 Å². The number of ether oxygens (including phenoxy) is 1. The molecule has 3 rings (SSSR count). The molecule has 1 heterocycles. The molecule has 2 saturated carbocycles. The van der Waals surface area contributed by atoms with Gasteiger partial charge in [0.1, 0.15) is 6.61 Å². The number of carbonyl (C=O) groups is 1. The fraction of sp³-hybridized carbons (Fsp3) is 0.938. The number of rotatable bonds is 0. The average Bonchev–Trinajstić information content (AvgIpc) is 2.54. The van der Waals surface area contributed by atoms with E-state index >= 15 is 0 Å². The quantitative estimate of drug-likeness (QED) is 0.657. The summed E-state index contributed by atoms with van der Waals surface area (Å²) in [5.41, 5.74) is 0.384. The molecule has 3 fully saturated rings. The summed E-state index contributed by atoms with van der Waals surface area (Å²) >= 11 is 0. The van der Waals surface area contributed by atoms with Gasteiger partial charge < -0.3 is 4.74 Å². The summed E-state index contributed by atoms with van der Waals surface area (Å²) in [6, 6.07) is 0. The lowest BCUT2D eigenvalue weighted by Crippen LogP contribution is -2.57. The standard InChI is InChI=1S/C16H26O2/c1-14(2)7-5-8-15(3)12(14)6-9-16(4)13(15)11(17)10-18-16/h12-13H,5-10H2,1-4H3. The molecule has 2 nitrogen and oxygen atoms in total. The first kappa shape index (κ1) is 12.7. The van der Waals surface area contributed by atoms with Crippen LogP contribution < -0.4 is 0 Å². The van der Waals surface area contributed by atoms with Gasteiger partial charge in [0.25, 0.3) is 0 Å². The molecular weight excluding hydrogens is 224 g/mol. The summed E-state index contributed by atoms with van der Waals surface area (Å²) in [5.74, 6) is 1.19. The zero-order valence-corrected chi connectivity index (χ0v) is 12.2. The van der Waals surface area contributed by atoms with Crippen molar-refractivity contribution in [1.29, 1.82) is 0 Å². The average molecular weight is 250 g/mol. The number of fused-ring (bicyclic) bond motifs is 3. The van der Waals surface area contributed by atoms with Gasteiger partial charge in [-0.1, -0.05) is 27.2 Å². The van der Waals surface area contributed by atoms with E-state index in [1.165, 1.54) is 25.7 Å². The van der Waals surface area contributed by atoms with Crippen molar-refractivity contribution in [3.63, 3.8) is 0 Å². The van der Waals surface area contributed by atoms with E-state index in [1.807, 2.05) is 0 Å². The molecule has 0 radical (unpaired) electrons. The monoisotopic (exact) mass is 250 g/mol. The minimum absolute atomic E-state index is 0.142. The fourth-order valence-electron chi connectivity index (χ4n) is 5.69. The van der Waals surface area contributed by atoms with Gasteiger partial charge in [0.15, 0.2) is 5.78 Å². The summed E-state index contributed by atoms with van der Waals surface area (Å²) in [4.78, 5) is 12.4. The van der Waals surface area contributed by atoms with Crippen LogP contribution in [0.25, 0.3) is 0 Å². The Kier molecular flexibility index (Phi) is 2.53. The molecule has 4 unspecified atom stereocenters. The third-order valence-electron chi connectivity index (χ3n) is 6.34. The van der Waals surface area contributed by atoms with Crippen molar-refractivity contribution >= 4 is 5.78 Å². The van der Waals surface area contributed by atoms with Gasteiger partial charge in [0.05, 0.1) is 11.5 Å². The molecule has 2 aliphatic carbocycles. The van der Waals surface area contributed by atoms with Crippen LogP contribution in [0.15, 0.2) is 0 Å². The van der Waals surface area contributed by atoms with Crippen LogP contribution in [0.5, 0.6) is 0 Å². The van der Waals surface area contributed by atoms with E-state index in [9.17, 15) is 4.79 Å². The Hall–Kier alpha value is -0.370. The highest BCUT2D eigenvalue weighted by atomic mass is 16.5. The Morgan fingerprint density at radius 1 is 1.11 bits per heavy atom. The molecule has 1 aliphatic heterocycles. The van der Waals surface area contributed by atoms with Crippen LogP contribution in [-0.4, -0.2) is 18.0 Å². The predicted octanol–water partition coefficient (Wildman–Crippen LogP) is 3.59. The zero-order valence-electron chi connectivity index (χ0n) is 12.2. The Morgan fingerprint density at radius 2 is 1.83 bits per heavy atom. The summed E-state index contributed by atoms with van der Waals surface area (Å²) < 4.78 is 5.89. The third kappa shape index (κ3) is 1.47. The van der Waals surface area contributed by atoms with E-state index in [1.54, 1.807) is 0 Å². The molecule has 1 saturated heterocycles. The highest BCUT2D eigenvalue weighted by Gasteiger charge is 2.63. The Balaban J connectivity index is 2.04. The molecule has 0 aromatic heterocycles. The SMILES string of the molecule is CC1(C)CCCC2(C)C1CCC1(C)OCC(=O)C12. The summed E-state index contributed by atoms with van der Waals surface area (Å²) in [6.07, 6.45) is 6.07. The minimum Gasteiger partial charge on any atom is -0.367 e. The van der Waals surface area contributed by atoms with Gasteiger partial charge >= 0.3 is 0 Å². The van der Waals surface area contributed by atoms with Gasteiger partial charge in [-0.15, -0.1) is 0 Å². The molecular formula is C16H26O2. The Morgan fingerprint density at radius 3 is 2.56 bits per heavy atom. The largest absolute Gasteiger partial charge is 0.367 e. The maximum absolute atomic E-state index is 12.4. The van der Waals surface area contributed by atoms with E-state index in [4.69, 9.17) is 4.74 Å². The second-order valence-electron chi connectivity index (χ2n) is 7.94. The lowest BCUT2D eigenvalue weighted by Gasteiger charge is -2.59. The van der Waals surface area contributed by atoms with Gasteiger partial charge in [-0.25, -0.2) is 0 Å². The number of ketones is 1. The van der Waals surface area contributed by atoms with Gasteiger partial charge in [-0.3, -0.25) is 4.79 Å². The van der Waals surface area contributed by atoms with Crippen LogP contribution in [0.1, 0.15) is 59.8 Å². The highest BCUT2D eigenvalue weighted by Crippen LogP contribution is 2.63. The van der Waals surface area contributed by atoms with Gasteiger partial charge in [0, 0.05) is 0 Å². The molecule has 0 spiro atoms. The normalized spacial score (nSPS) is 50.8. The molecule has 0 amide bonds. The molecule has 0 N–H and O–H groups in total. The lowest BCUT2D eigenvalue weighted by molar-refractivity contribution is -0.155. The van der Waals surface area contributed by atoms with Crippen molar-refractivity contribution in [2.45, 2.75) is 65.4 Å². The van der Waals surface area contributed by atoms with Crippen molar-refractivity contribution in [3.05, 3.63) is 0 Å². The first-order valence-corrected chi connectivity index (χ1v) is 7.46. The second-order valence-corrected chi connectivity index (χ2v) is 7.94. The van der Waals surface area contributed by atoms with Gasteiger partial charge in [-0.05, 0) is 49.4 Å². The fourth-order valence-corrected chi connectivity index (χ4v) is 5.69. The van der Waals surface area contributed by atoms with Crippen LogP contribution in [0, 0.1) is 22.7 Å². The van der Waals surface area contributed by atoms with Crippen molar-refractivity contribution in [2.75, 3.05) is 6.61 Å². The van der Waals surface area contributed by atoms with Crippen LogP contribution in [0.2, 0.25) is 0 Å². The molecule has 102 valence electrons. The predicted molar refractivity (Wildman–Crippen MR) is 71.3 cm³/mol. The van der Waals surface area contributed by atoms with Crippen LogP contribution >= 0.6 is 0 Å². The lowest BCUT2D eigenvalue weighted by atomic mass is 9.45. The van der Waals surface area contributed by atoms with Crippen molar-refractivity contribution in [3.8, 4) is 0 Å². The maximum Gasteiger partial charge on any atom is 0.164 e. The third-order valence-corrected chi connectivity index (χ3v) is 6.34. The first-order chi connectivity index (χ1) is 8.30. The molecule has 2 heteroatoms. The second kappa shape index (κ2) is 3.59. The number of carbonyl (C=O) groups excluding carboxylic acids is 1. The van der Waals surface area contributed by atoms with E-state index in [2.05, 4.69) is 27.7 Å². The summed E-state index contributed by atoms with van der Waals surface area (Å²) in [6.45, 7) is 9.69. The molecule has 4 atom stereocenters. The first-order valence-electron chi connectivity index (χ1n) is 7.46. The van der Waals surface area contributed by atoms with Crippen molar-refractivity contribution in [1.82, 2.24) is 0 Å². The number of Topliss-reactive ketones (excluding diaryl/α,β-unsaturated/α-hetero) is 1. The van der Waals surface area contributed by atoms with E-state index in [0.717, 1.165) is 6.42 Å². The van der Waals surface area contributed by atoms with E-state index < -0.39 is 0 Å². The van der Waals surface area contributed by atoms with E-state index in [-0.39, 0.29) is 16.9 Å².